The minimum absolute atomic E-state index is 0.122. The molecule has 0 unspecified atom stereocenters. The molecule has 3 rings (SSSR count). The molecule has 1 aliphatic heterocycles. The first-order chi connectivity index (χ1) is 13.2. The molecule has 0 aliphatic carbocycles. The summed E-state index contributed by atoms with van der Waals surface area (Å²) in [5.41, 5.74) is 2.51. The van der Waals surface area contributed by atoms with E-state index in [0.29, 0.717) is 13.0 Å². The Kier molecular flexibility index (Phi) is 8.06. The van der Waals surface area contributed by atoms with E-state index in [1.54, 1.807) is 11.8 Å². The largest absolute Gasteiger partial charge is 0.352 e. The Hall–Kier alpha value is -1.49. The molecule has 0 spiro atoms. The van der Waals surface area contributed by atoms with Crippen molar-refractivity contribution in [2.24, 2.45) is 0 Å². The Morgan fingerprint density at radius 2 is 1.81 bits per heavy atom. The summed E-state index contributed by atoms with van der Waals surface area (Å²) < 4.78 is 0. The number of carbonyl (C=O) groups is 1. The number of nitrogens with zero attached hydrogens (tertiary/aromatic N) is 1. The third kappa shape index (κ3) is 7.21. The molecule has 1 N–H and O–H groups in total. The molecule has 144 valence electrons. The van der Waals surface area contributed by atoms with E-state index in [1.807, 2.05) is 24.3 Å². The first-order valence-corrected chi connectivity index (χ1v) is 11.0. The van der Waals surface area contributed by atoms with Crippen LogP contribution in [0.15, 0.2) is 53.4 Å². The van der Waals surface area contributed by atoms with Crippen LogP contribution in [0, 0.1) is 0 Å². The predicted molar refractivity (Wildman–Crippen MR) is 114 cm³/mol. The van der Waals surface area contributed by atoms with E-state index in [4.69, 9.17) is 11.6 Å². The molecule has 1 heterocycles. The molecule has 0 aromatic heterocycles. The van der Waals surface area contributed by atoms with Gasteiger partial charge in [0.2, 0.25) is 5.91 Å². The van der Waals surface area contributed by atoms with E-state index in [0.717, 1.165) is 23.7 Å². The Bertz CT molecular complexity index is 729. The summed E-state index contributed by atoms with van der Waals surface area (Å²) in [6.07, 6.45) is 4.06. The van der Waals surface area contributed by atoms with Crippen LogP contribution in [0.2, 0.25) is 5.02 Å². The van der Waals surface area contributed by atoms with Crippen molar-refractivity contribution in [3.05, 3.63) is 64.7 Å². The number of halogens is 1. The molecule has 5 heteroatoms. The Labute approximate surface area is 171 Å². The molecule has 3 nitrogen and oxygen atoms in total. The van der Waals surface area contributed by atoms with Crippen LogP contribution in [0.3, 0.4) is 0 Å². The standard InChI is InChI=1S/C22H27ClN2OS/c23-20-8-10-21(11-9-20)27-14-4-7-22(26)24-16-18-5-3-6-19(15-18)17-25-12-1-2-13-25/h3,5-6,8-11,15H,1-2,4,7,12-14,16-17H2,(H,24,26). The van der Waals surface area contributed by atoms with Crippen molar-refractivity contribution >= 4 is 29.3 Å². The molecule has 0 atom stereocenters. The SMILES string of the molecule is O=C(CCCSc1ccc(Cl)cc1)NCc1cccc(CN2CCCC2)c1. The number of rotatable bonds is 9. The highest BCUT2D eigenvalue weighted by molar-refractivity contribution is 7.99. The maximum atomic E-state index is 12.1. The summed E-state index contributed by atoms with van der Waals surface area (Å²) in [5.74, 6) is 1.05. The normalized spacial score (nSPS) is 14.4. The number of hydrogen-bond donors (Lipinski definition) is 1. The molecule has 27 heavy (non-hydrogen) atoms. The Morgan fingerprint density at radius 3 is 2.59 bits per heavy atom. The van der Waals surface area contributed by atoms with E-state index in [9.17, 15) is 4.79 Å². The second-order valence-electron chi connectivity index (χ2n) is 6.99. The summed E-state index contributed by atoms with van der Waals surface area (Å²) in [6.45, 7) is 4.03. The quantitative estimate of drug-likeness (QED) is 0.466. The zero-order valence-corrected chi connectivity index (χ0v) is 17.2. The third-order valence-corrected chi connectivity index (χ3v) is 6.07. The van der Waals surface area contributed by atoms with Gasteiger partial charge in [-0.25, -0.2) is 0 Å². The number of carbonyl (C=O) groups excluding carboxylic acids is 1. The minimum Gasteiger partial charge on any atom is -0.352 e. The first kappa shape index (κ1) is 20.2. The van der Waals surface area contributed by atoms with Gasteiger partial charge in [0.1, 0.15) is 0 Å². The predicted octanol–water partition coefficient (Wildman–Crippen LogP) is 5.12. The van der Waals surface area contributed by atoms with E-state index >= 15 is 0 Å². The lowest BCUT2D eigenvalue weighted by molar-refractivity contribution is -0.121. The molecule has 0 radical (unpaired) electrons. The molecule has 0 bridgehead atoms. The van der Waals surface area contributed by atoms with Gasteiger partial charge in [-0.15, -0.1) is 11.8 Å². The first-order valence-electron chi connectivity index (χ1n) is 9.64. The Morgan fingerprint density at radius 1 is 1.07 bits per heavy atom. The highest BCUT2D eigenvalue weighted by Gasteiger charge is 2.11. The van der Waals surface area contributed by atoms with Crippen molar-refractivity contribution in [1.29, 1.82) is 0 Å². The maximum absolute atomic E-state index is 12.1. The lowest BCUT2D eigenvalue weighted by atomic mass is 10.1. The van der Waals surface area contributed by atoms with Crippen LogP contribution >= 0.6 is 23.4 Å². The lowest BCUT2D eigenvalue weighted by Crippen LogP contribution is -2.23. The van der Waals surface area contributed by atoms with Crippen molar-refractivity contribution < 1.29 is 4.79 Å². The minimum atomic E-state index is 0.122. The highest BCUT2D eigenvalue weighted by Crippen LogP contribution is 2.21. The molecular weight excluding hydrogens is 376 g/mol. The van der Waals surface area contributed by atoms with Gasteiger partial charge in [-0.05, 0) is 73.5 Å². The fraction of sp³-hybridized carbons (Fsp3) is 0.409. The van der Waals surface area contributed by atoms with Gasteiger partial charge in [0.25, 0.3) is 0 Å². The number of amides is 1. The van der Waals surface area contributed by atoms with E-state index in [1.165, 1.54) is 42.0 Å². The molecule has 2 aromatic rings. The van der Waals surface area contributed by atoms with Gasteiger partial charge < -0.3 is 5.32 Å². The average Bonchev–Trinajstić information content (AvgIpc) is 3.18. The van der Waals surface area contributed by atoms with Gasteiger partial charge in [0.05, 0.1) is 0 Å². The summed E-state index contributed by atoms with van der Waals surface area (Å²) >= 11 is 7.65. The second kappa shape index (κ2) is 10.7. The number of thioether (sulfide) groups is 1. The van der Waals surface area contributed by atoms with Crippen molar-refractivity contribution in [1.82, 2.24) is 10.2 Å². The zero-order chi connectivity index (χ0) is 18.9. The average molecular weight is 403 g/mol. The summed E-state index contributed by atoms with van der Waals surface area (Å²) in [4.78, 5) is 15.8. The Balaban J connectivity index is 1.34. The molecule has 1 fully saturated rings. The van der Waals surface area contributed by atoms with Crippen LogP contribution in [0.1, 0.15) is 36.8 Å². The zero-order valence-electron chi connectivity index (χ0n) is 15.6. The molecule has 2 aromatic carbocycles. The number of benzene rings is 2. The monoisotopic (exact) mass is 402 g/mol. The number of likely N-dealkylation sites (tertiary alicyclic amines) is 1. The van der Waals surface area contributed by atoms with Gasteiger partial charge in [-0.3, -0.25) is 9.69 Å². The van der Waals surface area contributed by atoms with Crippen LogP contribution in [0.5, 0.6) is 0 Å². The molecule has 1 amide bonds. The van der Waals surface area contributed by atoms with Crippen LogP contribution < -0.4 is 5.32 Å². The van der Waals surface area contributed by atoms with Crippen LogP contribution in [0.25, 0.3) is 0 Å². The van der Waals surface area contributed by atoms with E-state index < -0.39 is 0 Å². The maximum Gasteiger partial charge on any atom is 0.220 e. The van der Waals surface area contributed by atoms with Gasteiger partial charge in [-0.2, -0.15) is 0 Å². The third-order valence-electron chi connectivity index (χ3n) is 4.72. The second-order valence-corrected chi connectivity index (χ2v) is 8.59. The highest BCUT2D eigenvalue weighted by atomic mass is 35.5. The molecule has 0 saturated carbocycles. The van der Waals surface area contributed by atoms with Gasteiger partial charge in [-0.1, -0.05) is 35.9 Å². The van der Waals surface area contributed by atoms with Crippen LogP contribution in [-0.4, -0.2) is 29.6 Å². The molecule has 1 aliphatic rings. The van der Waals surface area contributed by atoms with Gasteiger partial charge in [0, 0.05) is 29.4 Å². The number of hydrogen-bond acceptors (Lipinski definition) is 3. The van der Waals surface area contributed by atoms with E-state index in [2.05, 4.69) is 34.5 Å². The topological polar surface area (TPSA) is 32.3 Å². The molecule has 1 saturated heterocycles. The van der Waals surface area contributed by atoms with Crippen molar-refractivity contribution in [3.8, 4) is 0 Å². The summed E-state index contributed by atoms with van der Waals surface area (Å²) in [7, 11) is 0. The van der Waals surface area contributed by atoms with Gasteiger partial charge in [0.15, 0.2) is 0 Å². The van der Waals surface area contributed by atoms with Crippen LogP contribution in [-0.2, 0) is 17.9 Å². The number of nitrogens with one attached hydrogen (secondary N) is 1. The molecular formula is C22H27ClN2OS. The van der Waals surface area contributed by atoms with Crippen molar-refractivity contribution in [2.75, 3.05) is 18.8 Å². The fourth-order valence-corrected chi connectivity index (χ4v) is 4.26. The summed E-state index contributed by atoms with van der Waals surface area (Å²) in [5, 5.41) is 3.80. The van der Waals surface area contributed by atoms with E-state index in [-0.39, 0.29) is 5.91 Å². The fourth-order valence-electron chi connectivity index (χ4n) is 3.28. The smallest absolute Gasteiger partial charge is 0.220 e. The van der Waals surface area contributed by atoms with Crippen LogP contribution in [0.4, 0.5) is 0 Å². The van der Waals surface area contributed by atoms with Crippen molar-refractivity contribution in [2.45, 2.75) is 43.7 Å². The summed E-state index contributed by atoms with van der Waals surface area (Å²) in [6, 6.07) is 16.4. The van der Waals surface area contributed by atoms with Gasteiger partial charge >= 0.3 is 0 Å². The lowest BCUT2D eigenvalue weighted by Gasteiger charge is -2.15. The van der Waals surface area contributed by atoms with Crippen molar-refractivity contribution in [3.63, 3.8) is 0 Å².